The average molecular weight is 582 g/mol. The van der Waals surface area contributed by atoms with Gasteiger partial charge in [-0.15, -0.1) is 0 Å². The van der Waals surface area contributed by atoms with Crippen LogP contribution >= 0.6 is 0 Å². The highest BCUT2D eigenvalue weighted by Gasteiger charge is 2.22. The number of phenolic OH excluding ortho intramolecular Hbond substituents is 1. The summed E-state index contributed by atoms with van der Waals surface area (Å²) in [4.78, 5) is 20.0. The average Bonchev–Trinajstić information content (AvgIpc) is 3.64. The molecule has 45 heavy (non-hydrogen) atoms. The molecule has 9 aromatic rings. The summed E-state index contributed by atoms with van der Waals surface area (Å²) in [5, 5.41) is 13.8. The van der Waals surface area contributed by atoms with Crippen LogP contribution in [-0.4, -0.2) is 29.6 Å². The molecule has 0 fully saturated rings. The summed E-state index contributed by atoms with van der Waals surface area (Å²) in [5.41, 5.74) is 7.35. The van der Waals surface area contributed by atoms with Crippen molar-refractivity contribution < 1.29 is 9.52 Å². The first kappa shape index (κ1) is 25.2. The summed E-state index contributed by atoms with van der Waals surface area (Å²) in [6.45, 7) is 0. The number of rotatable bonds is 4. The van der Waals surface area contributed by atoms with Gasteiger partial charge in [0.1, 0.15) is 34.0 Å². The molecule has 0 radical (unpaired) electrons. The molecule has 1 N–H and O–H groups in total. The predicted molar refractivity (Wildman–Crippen MR) is 177 cm³/mol. The lowest BCUT2D eigenvalue weighted by Crippen LogP contribution is -2.02. The van der Waals surface area contributed by atoms with Gasteiger partial charge in [0.05, 0.1) is 16.8 Å². The Kier molecular flexibility index (Phi) is 5.52. The standard InChI is InChI=1S/C38H23N5O2/c44-31-18-8-5-14-27(31)37-41-34-28-15-6-9-19-32(28)45-36(34)35(42-37)29-21-24(23-11-2-1-3-12-23)22-33(40-29)43-30-17-7-4-13-25(30)26-16-10-20-39-38(26)43/h1-22,44H. The van der Waals surface area contributed by atoms with Gasteiger partial charge in [0.15, 0.2) is 11.4 Å². The molecule has 4 aromatic carbocycles. The van der Waals surface area contributed by atoms with Crippen molar-refractivity contribution in [2.75, 3.05) is 0 Å². The fourth-order valence-corrected chi connectivity index (χ4v) is 6.12. The zero-order valence-corrected chi connectivity index (χ0v) is 23.8. The molecule has 0 atom stereocenters. The van der Waals surface area contributed by atoms with E-state index in [1.54, 1.807) is 18.3 Å². The van der Waals surface area contributed by atoms with Crippen molar-refractivity contribution >= 4 is 44.0 Å². The van der Waals surface area contributed by atoms with Crippen molar-refractivity contribution in [2.45, 2.75) is 0 Å². The van der Waals surface area contributed by atoms with Crippen LogP contribution in [0.15, 0.2) is 138 Å². The molecule has 0 spiro atoms. The van der Waals surface area contributed by atoms with Crippen LogP contribution < -0.4 is 0 Å². The molecule has 0 aliphatic rings. The number of aromatic nitrogens is 5. The van der Waals surface area contributed by atoms with Crippen LogP contribution in [0.3, 0.4) is 0 Å². The normalized spacial score (nSPS) is 11.6. The van der Waals surface area contributed by atoms with Crippen molar-refractivity contribution in [1.82, 2.24) is 24.5 Å². The van der Waals surface area contributed by atoms with E-state index in [2.05, 4.69) is 41.0 Å². The minimum atomic E-state index is 0.0960. The van der Waals surface area contributed by atoms with E-state index in [0.29, 0.717) is 45.3 Å². The topological polar surface area (TPSA) is 89.9 Å². The molecule has 0 unspecified atom stereocenters. The minimum Gasteiger partial charge on any atom is -0.507 e. The number of para-hydroxylation sites is 3. The molecule has 0 aliphatic heterocycles. The molecule has 0 saturated heterocycles. The highest BCUT2D eigenvalue weighted by atomic mass is 16.3. The maximum atomic E-state index is 10.8. The quantitative estimate of drug-likeness (QED) is 0.223. The van der Waals surface area contributed by atoms with E-state index in [0.717, 1.165) is 38.4 Å². The molecule has 5 aromatic heterocycles. The first-order valence-electron chi connectivity index (χ1n) is 14.6. The van der Waals surface area contributed by atoms with Gasteiger partial charge in [0.2, 0.25) is 0 Å². The summed E-state index contributed by atoms with van der Waals surface area (Å²) in [7, 11) is 0. The molecule has 9 rings (SSSR count). The van der Waals surface area contributed by atoms with E-state index < -0.39 is 0 Å². The Morgan fingerprint density at radius 2 is 1.38 bits per heavy atom. The first-order chi connectivity index (χ1) is 22.2. The Morgan fingerprint density at radius 3 is 2.27 bits per heavy atom. The molecule has 212 valence electrons. The third kappa shape index (κ3) is 3.98. The Hall–Kier alpha value is -6.34. The summed E-state index contributed by atoms with van der Waals surface area (Å²) in [6.07, 6.45) is 1.81. The fraction of sp³-hybridized carbons (Fsp3) is 0. The largest absolute Gasteiger partial charge is 0.507 e. The monoisotopic (exact) mass is 581 g/mol. The smallest absolute Gasteiger partial charge is 0.181 e. The molecule has 0 amide bonds. The molecular formula is C38H23N5O2. The van der Waals surface area contributed by atoms with Crippen LogP contribution in [0.1, 0.15) is 0 Å². The summed E-state index contributed by atoms with van der Waals surface area (Å²) < 4.78 is 8.53. The number of hydrogen-bond donors (Lipinski definition) is 1. The van der Waals surface area contributed by atoms with Crippen molar-refractivity contribution in [2.24, 2.45) is 0 Å². The van der Waals surface area contributed by atoms with Gasteiger partial charge in [-0.1, -0.05) is 72.8 Å². The highest BCUT2D eigenvalue weighted by molar-refractivity contribution is 6.08. The number of hydrogen-bond acceptors (Lipinski definition) is 6. The van der Waals surface area contributed by atoms with Gasteiger partial charge < -0.3 is 9.52 Å². The second-order valence-electron chi connectivity index (χ2n) is 10.9. The summed E-state index contributed by atoms with van der Waals surface area (Å²) in [6, 6.07) is 41.5. The maximum Gasteiger partial charge on any atom is 0.181 e. The Balaban J connectivity index is 1.40. The maximum absolute atomic E-state index is 10.8. The number of nitrogens with zero attached hydrogens (tertiary/aromatic N) is 5. The van der Waals surface area contributed by atoms with E-state index in [-0.39, 0.29) is 5.75 Å². The molecule has 0 saturated carbocycles. The van der Waals surface area contributed by atoms with Crippen molar-refractivity contribution in [1.29, 1.82) is 0 Å². The van der Waals surface area contributed by atoms with Crippen LogP contribution in [-0.2, 0) is 0 Å². The second kappa shape index (κ2) is 9.86. The van der Waals surface area contributed by atoms with Crippen LogP contribution in [0.25, 0.3) is 83.7 Å². The molecule has 0 bridgehead atoms. The van der Waals surface area contributed by atoms with E-state index in [4.69, 9.17) is 24.4 Å². The van der Waals surface area contributed by atoms with Crippen LogP contribution in [0, 0.1) is 0 Å². The van der Waals surface area contributed by atoms with Crippen molar-refractivity contribution in [3.8, 4) is 45.5 Å². The fourth-order valence-electron chi connectivity index (χ4n) is 6.12. The molecular weight excluding hydrogens is 558 g/mol. The third-order valence-corrected chi connectivity index (χ3v) is 8.19. The zero-order chi connectivity index (χ0) is 29.9. The number of benzene rings is 4. The molecule has 5 heterocycles. The molecule has 0 aliphatic carbocycles. The van der Waals surface area contributed by atoms with Crippen LogP contribution in [0.4, 0.5) is 0 Å². The lowest BCUT2D eigenvalue weighted by Gasteiger charge is -2.13. The highest BCUT2D eigenvalue weighted by Crippen LogP contribution is 2.39. The minimum absolute atomic E-state index is 0.0960. The summed E-state index contributed by atoms with van der Waals surface area (Å²) >= 11 is 0. The molecule has 7 nitrogen and oxygen atoms in total. The Bertz CT molecular complexity index is 2520. The number of pyridine rings is 2. The lowest BCUT2D eigenvalue weighted by molar-refractivity contribution is 0.477. The van der Waals surface area contributed by atoms with Gasteiger partial charge in [-0.2, -0.15) is 0 Å². The van der Waals surface area contributed by atoms with Crippen molar-refractivity contribution in [3.05, 3.63) is 134 Å². The van der Waals surface area contributed by atoms with Gasteiger partial charge in [0, 0.05) is 22.4 Å². The third-order valence-electron chi connectivity index (χ3n) is 8.19. The Morgan fingerprint density at radius 1 is 0.622 bits per heavy atom. The number of aromatic hydroxyl groups is 1. The number of furan rings is 1. The summed E-state index contributed by atoms with van der Waals surface area (Å²) in [5.74, 6) is 1.18. The van der Waals surface area contributed by atoms with E-state index in [1.807, 2.05) is 78.9 Å². The van der Waals surface area contributed by atoms with Gasteiger partial charge in [-0.25, -0.2) is 19.9 Å². The molecule has 7 heteroatoms. The van der Waals surface area contributed by atoms with E-state index in [9.17, 15) is 5.11 Å². The second-order valence-corrected chi connectivity index (χ2v) is 10.9. The predicted octanol–water partition coefficient (Wildman–Crippen LogP) is 8.97. The van der Waals surface area contributed by atoms with Gasteiger partial charge in [-0.3, -0.25) is 4.57 Å². The van der Waals surface area contributed by atoms with Gasteiger partial charge in [0.25, 0.3) is 0 Å². The Labute approximate surface area is 256 Å². The van der Waals surface area contributed by atoms with Crippen molar-refractivity contribution in [3.63, 3.8) is 0 Å². The zero-order valence-electron chi connectivity index (χ0n) is 23.8. The SMILES string of the molecule is Oc1ccccc1-c1nc(-c2cc(-c3ccccc3)cc(-n3c4ccccc4c4cccnc43)n2)c2oc3ccccc3c2n1. The van der Waals surface area contributed by atoms with Gasteiger partial charge >= 0.3 is 0 Å². The van der Waals surface area contributed by atoms with Crippen LogP contribution in [0.2, 0.25) is 0 Å². The van der Waals surface area contributed by atoms with E-state index in [1.165, 1.54) is 0 Å². The number of fused-ring (bicyclic) bond motifs is 6. The number of phenols is 1. The lowest BCUT2D eigenvalue weighted by atomic mass is 10.0. The van der Waals surface area contributed by atoms with E-state index >= 15 is 0 Å². The van der Waals surface area contributed by atoms with Crippen LogP contribution in [0.5, 0.6) is 5.75 Å². The first-order valence-corrected chi connectivity index (χ1v) is 14.6. The van der Waals surface area contributed by atoms with Gasteiger partial charge in [-0.05, 0) is 65.7 Å².